The normalized spacial score (nSPS) is 16.7. The number of amides is 2. The molecule has 0 N–H and O–H groups in total. The number of urea groups is 1. The highest BCUT2D eigenvalue weighted by Crippen LogP contribution is 2.36. The summed E-state index contributed by atoms with van der Waals surface area (Å²) < 4.78 is 27.5. The molecule has 2 aliphatic rings. The fourth-order valence-electron chi connectivity index (χ4n) is 5.36. The van der Waals surface area contributed by atoms with Gasteiger partial charge < -0.3 is 28.6 Å². The standard InChI is InChI=1S/C33H44N2O8/c1-6-41-31(36)30(32(37)42-7-2)24-12-13-25(28(19-24)40-5)21-35-22(3)16-17-34(33(35)38)26-14-15-27(39-4)29(20-26)43-18-8-9-23-10-11-23/h12-15,19-20,22-23,30H,6-11,16-18,21H2,1-5H3/t22-/m0/s1. The average Bonchev–Trinajstić information content (AvgIpc) is 3.83. The second-order valence-electron chi connectivity index (χ2n) is 11.0. The molecule has 0 spiro atoms. The first-order chi connectivity index (χ1) is 20.8. The van der Waals surface area contributed by atoms with E-state index in [1.807, 2.05) is 25.1 Å². The van der Waals surface area contributed by atoms with Crippen LogP contribution in [0.3, 0.4) is 0 Å². The van der Waals surface area contributed by atoms with E-state index in [1.165, 1.54) is 26.4 Å². The van der Waals surface area contributed by atoms with Crippen LogP contribution in [0, 0.1) is 5.92 Å². The van der Waals surface area contributed by atoms with E-state index < -0.39 is 17.9 Å². The first kappa shape index (κ1) is 32.0. The number of ether oxygens (including phenoxy) is 5. The molecule has 0 aromatic heterocycles. The van der Waals surface area contributed by atoms with E-state index in [0.717, 1.165) is 30.0 Å². The molecule has 10 nitrogen and oxygen atoms in total. The third-order valence-corrected chi connectivity index (χ3v) is 7.98. The minimum atomic E-state index is -1.23. The van der Waals surface area contributed by atoms with Crippen LogP contribution in [-0.4, -0.2) is 69.5 Å². The summed E-state index contributed by atoms with van der Waals surface area (Å²) in [4.78, 5) is 42.7. The van der Waals surface area contributed by atoms with Gasteiger partial charge in [0, 0.05) is 29.9 Å². The van der Waals surface area contributed by atoms with Gasteiger partial charge in [-0.2, -0.15) is 0 Å². The Morgan fingerprint density at radius 3 is 2.23 bits per heavy atom. The van der Waals surface area contributed by atoms with E-state index in [0.29, 0.717) is 36.0 Å². The molecule has 4 rings (SSSR count). The van der Waals surface area contributed by atoms with E-state index in [4.69, 9.17) is 23.7 Å². The Labute approximate surface area is 254 Å². The summed E-state index contributed by atoms with van der Waals surface area (Å²) in [5.74, 6) is -0.0212. The second kappa shape index (κ2) is 15.0. The Balaban J connectivity index is 1.52. The molecule has 0 unspecified atom stereocenters. The zero-order chi connectivity index (χ0) is 30.9. The Hall–Kier alpha value is -3.95. The van der Waals surface area contributed by atoms with Crippen LogP contribution in [0.2, 0.25) is 0 Å². The minimum absolute atomic E-state index is 0.0173. The molecule has 1 aliphatic heterocycles. The van der Waals surface area contributed by atoms with Gasteiger partial charge in [0.25, 0.3) is 0 Å². The average molecular weight is 597 g/mol. The van der Waals surface area contributed by atoms with Crippen LogP contribution in [0.25, 0.3) is 0 Å². The molecule has 0 radical (unpaired) electrons. The highest BCUT2D eigenvalue weighted by Gasteiger charge is 2.35. The van der Waals surface area contributed by atoms with Gasteiger partial charge in [-0.05, 0) is 69.7 Å². The molecule has 2 fully saturated rings. The van der Waals surface area contributed by atoms with E-state index in [9.17, 15) is 14.4 Å². The van der Waals surface area contributed by atoms with Crippen molar-refractivity contribution in [2.24, 2.45) is 5.92 Å². The van der Waals surface area contributed by atoms with Gasteiger partial charge in [0.15, 0.2) is 17.4 Å². The summed E-state index contributed by atoms with van der Waals surface area (Å²) in [6, 6.07) is 10.5. The Morgan fingerprint density at radius 2 is 1.60 bits per heavy atom. The van der Waals surface area contributed by atoms with Gasteiger partial charge in [-0.1, -0.05) is 25.0 Å². The molecule has 43 heavy (non-hydrogen) atoms. The Kier molecular flexibility index (Phi) is 11.1. The largest absolute Gasteiger partial charge is 0.496 e. The van der Waals surface area contributed by atoms with E-state index in [1.54, 1.807) is 49.0 Å². The van der Waals surface area contributed by atoms with Crippen LogP contribution in [0.4, 0.5) is 10.5 Å². The van der Waals surface area contributed by atoms with E-state index in [-0.39, 0.29) is 31.8 Å². The molecule has 2 amide bonds. The van der Waals surface area contributed by atoms with Gasteiger partial charge in [0.2, 0.25) is 0 Å². The lowest BCUT2D eigenvalue weighted by molar-refractivity contribution is -0.156. The molecule has 2 aromatic carbocycles. The van der Waals surface area contributed by atoms with Crippen molar-refractivity contribution in [3.63, 3.8) is 0 Å². The molecular formula is C33H44N2O8. The monoisotopic (exact) mass is 596 g/mol. The van der Waals surface area contributed by atoms with Gasteiger partial charge in [-0.3, -0.25) is 14.5 Å². The number of carbonyl (C=O) groups excluding carboxylic acids is 3. The second-order valence-corrected chi connectivity index (χ2v) is 11.0. The van der Waals surface area contributed by atoms with Crippen molar-refractivity contribution < 1.29 is 38.1 Å². The maximum Gasteiger partial charge on any atom is 0.325 e. The Morgan fingerprint density at radius 1 is 0.907 bits per heavy atom. The quantitative estimate of drug-likeness (QED) is 0.146. The number of nitrogens with zero attached hydrogens (tertiary/aromatic N) is 2. The topological polar surface area (TPSA) is 104 Å². The lowest BCUT2D eigenvalue weighted by Crippen LogP contribution is -2.53. The predicted octanol–water partition coefficient (Wildman–Crippen LogP) is 5.70. The van der Waals surface area contributed by atoms with E-state index in [2.05, 4.69) is 0 Å². The van der Waals surface area contributed by atoms with E-state index >= 15 is 0 Å². The smallest absolute Gasteiger partial charge is 0.325 e. The summed E-state index contributed by atoms with van der Waals surface area (Å²) in [5, 5.41) is 0. The number of hydrogen-bond acceptors (Lipinski definition) is 8. The fraction of sp³-hybridized carbons (Fsp3) is 0.545. The van der Waals surface area contributed by atoms with Crippen LogP contribution in [-0.2, 0) is 25.6 Å². The minimum Gasteiger partial charge on any atom is -0.496 e. The molecule has 0 bridgehead atoms. The molecule has 1 saturated heterocycles. The van der Waals surface area contributed by atoms with Crippen LogP contribution in [0.5, 0.6) is 17.2 Å². The van der Waals surface area contributed by atoms with Gasteiger partial charge in [-0.15, -0.1) is 0 Å². The summed E-state index contributed by atoms with van der Waals surface area (Å²) in [6.07, 6.45) is 5.58. The highest BCUT2D eigenvalue weighted by atomic mass is 16.6. The third kappa shape index (κ3) is 7.91. The number of carbonyl (C=O) groups is 3. The first-order valence-electron chi connectivity index (χ1n) is 15.2. The van der Waals surface area contributed by atoms with Crippen molar-refractivity contribution in [2.45, 2.75) is 71.4 Å². The Bertz CT molecular complexity index is 1260. The summed E-state index contributed by atoms with van der Waals surface area (Å²) in [6.45, 7) is 7.12. The van der Waals surface area contributed by atoms with Crippen molar-refractivity contribution in [3.8, 4) is 17.2 Å². The molecular weight excluding hydrogens is 552 g/mol. The molecule has 1 saturated carbocycles. The van der Waals surface area contributed by atoms with Gasteiger partial charge >= 0.3 is 18.0 Å². The number of benzene rings is 2. The van der Waals surface area contributed by atoms with Crippen LogP contribution in [0.1, 0.15) is 69.9 Å². The van der Waals surface area contributed by atoms with Crippen molar-refractivity contribution in [2.75, 3.05) is 45.5 Å². The van der Waals surface area contributed by atoms with Crippen molar-refractivity contribution in [1.29, 1.82) is 0 Å². The third-order valence-electron chi connectivity index (χ3n) is 7.98. The number of anilines is 1. The molecule has 1 aliphatic carbocycles. The maximum absolute atomic E-state index is 13.9. The zero-order valence-corrected chi connectivity index (χ0v) is 25.9. The molecule has 1 heterocycles. The SMILES string of the molecule is CCOC(=O)C(C(=O)OCC)c1ccc(CN2C(=O)N(c3ccc(OC)c(OCCCC4CC4)c3)CC[C@@H]2C)c(OC)c1. The van der Waals surface area contributed by atoms with Crippen LogP contribution < -0.4 is 19.1 Å². The molecule has 2 aromatic rings. The van der Waals surface area contributed by atoms with Crippen molar-refractivity contribution in [3.05, 3.63) is 47.5 Å². The van der Waals surface area contributed by atoms with Crippen LogP contribution >= 0.6 is 0 Å². The summed E-state index contributed by atoms with van der Waals surface area (Å²) in [7, 11) is 3.13. The molecule has 234 valence electrons. The summed E-state index contributed by atoms with van der Waals surface area (Å²) >= 11 is 0. The zero-order valence-electron chi connectivity index (χ0n) is 25.9. The number of esters is 2. The van der Waals surface area contributed by atoms with Crippen LogP contribution in [0.15, 0.2) is 36.4 Å². The van der Waals surface area contributed by atoms with Crippen molar-refractivity contribution in [1.82, 2.24) is 4.90 Å². The fourth-order valence-corrected chi connectivity index (χ4v) is 5.36. The van der Waals surface area contributed by atoms with Gasteiger partial charge in [0.1, 0.15) is 5.75 Å². The molecule has 1 atom stereocenters. The van der Waals surface area contributed by atoms with Gasteiger partial charge in [0.05, 0.1) is 40.6 Å². The van der Waals surface area contributed by atoms with Gasteiger partial charge in [-0.25, -0.2) is 4.79 Å². The number of hydrogen-bond donors (Lipinski definition) is 0. The first-order valence-corrected chi connectivity index (χ1v) is 15.2. The summed E-state index contributed by atoms with van der Waals surface area (Å²) in [5.41, 5.74) is 1.89. The molecule has 10 heteroatoms. The number of rotatable bonds is 15. The van der Waals surface area contributed by atoms with Crippen molar-refractivity contribution >= 4 is 23.7 Å². The highest BCUT2D eigenvalue weighted by molar-refractivity contribution is 6.01. The maximum atomic E-state index is 13.9. The predicted molar refractivity (Wildman–Crippen MR) is 162 cm³/mol. The lowest BCUT2D eigenvalue weighted by Gasteiger charge is -2.40. The number of methoxy groups -OCH3 is 2. The lowest BCUT2D eigenvalue weighted by atomic mass is 9.97.